The van der Waals surface area contributed by atoms with Crippen molar-refractivity contribution in [1.29, 1.82) is 5.26 Å². The maximum Gasteiger partial charge on any atom is 0.183 e. The number of nitrogens with zero attached hydrogens (tertiary/aromatic N) is 2. The molecule has 0 radical (unpaired) electrons. The summed E-state index contributed by atoms with van der Waals surface area (Å²) in [4.78, 5) is 4.93. The van der Waals surface area contributed by atoms with Gasteiger partial charge in [0.2, 0.25) is 0 Å². The van der Waals surface area contributed by atoms with Crippen LogP contribution < -0.4 is 10.1 Å². The molecule has 19 heavy (non-hydrogen) atoms. The SMILES string of the molecule is COc1cc(NCc2cnc(Cl)s2)c(C#N)cc1Cl. The topological polar surface area (TPSA) is 57.9 Å². The summed E-state index contributed by atoms with van der Waals surface area (Å²) in [6.07, 6.45) is 1.69. The summed E-state index contributed by atoms with van der Waals surface area (Å²) in [6, 6.07) is 5.36. The van der Waals surface area contributed by atoms with Gasteiger partial charge in [-0.2, -0.15) is 5.26 Å². The molecule has 1 N–H and O–H groups in total. The Hall–Kier alpha value is -1.48. The zero-order valence-electron chi connectivity index (χ0n) is 9.91. The molecule has 1 aromatic heterocycles. The first kappa shape index (κ1) is 13.9. The van der Waals surface area contributed by atoms with Crippen molar-refractivity contribution in [3.05, 3.63) is 38.3 Å². The van der Waals surface area contributed by atoms with E-state index in [0.29, 0.717) is 33.0 Å². The van der Waals surface area contributed by atoms with Crippen molar-refractivity contribution < 1.29 is 4.74 Å². The minimum Gasteiger partial charge on any atom is -0.495 e. The molecule has 0 amide bonds. The van der Waals surface area contributed by atoms with Crippen LogP contribution >= 0.6 is 34.5 Å². The molecule has 7 heteroatoms. The van der Waals surface area contributed by atoms with Crippen molar-refractivity contribution >= 4 is 40.2 Å². The number of aromatic nitrogens is 1. The zero-order chi connectivity index (χ0) is 13.8. The number of methoxy groups -OCH3 is 1. The van der Waals surface area contributed by atoms with Gasteiger partial charge in [0.1, 0.15) is 11.8 Å². The molecule has 0 aliphatic heterocycles. The molecule has 0 spiro atoms. The molecule has 2 aromatic rings. The maximum atomic E-state index is 9.09. The third-order valence-corrected chi connectivity index (χ3v) is 3.80. The Bertz CT molecular complexity index is 636. The van der Waals surface area contributed by atoms with Gasteiger partial charge in [-0.15, -0.1) is 11.3 Å². The van der Waals surface area contributed by atoms with Gasteiger partial charge in [-0.3, -0.25) is 0 Å². The molecule has 4 nitrogen and oxygen atoms in total. The molecular weight excluding hydrogens is 305 g/mol. The number of nitriles is 1. The van der Waals surface area contributed by atoms with E-state index in [1.54, 1.807) is 18.3 Å². The number of anilines is 1. The molecule has 0 aliphatic carbocycles. The molecule has 0 saturated heterocycles. The zero-order valence-corrected chi connectivity index (χ0v) is 12.2. The number of thiazole rings is 1. The van der Waals surface area contributed by atoms with Crippen LogP contribution in [0.5, 0.6) is 5.75 Å². The first-order chi connectivity index (χ1) is 9.13. The van der Waals surface area contributed by atoms with Gasteiger partial charge in [0.25, 0.3) is 0 Å². The van der Waals surface area contributed by atoms with Crippen LogP contribution in [-0.4, -0.2) is 12.1 Å². The van der Waals surface area contributed by atoms with Crippen LogP contribution in [0.2, 0.25) is 9.49 Å². The van der Waals surface area contributed by atoms with Crippen LogP contribution in [-0.2, 0) is 6.54 Å². The fourth-order valence-electron chi connectivity index (χ4n) is 1.50. The third-order valence-electron chi connectivity index (χ3n) is 2.39. The Morgan fingerprint density at radius 3 is 2.84 bits per heavy atom. The van der Waals surface area contributed by atoms with Crippen LogP contribution in [0.4, 0.5) is 5.69 Å². The Balaban J connectivity index is 2.21. The van der Waals surface area contributed by atoms with Gasteiger partial charge < -0.3 is 10.1 Å². The van der Waals surface area contributed by atoms with E-state index in [-0.39, 0.29) is 0 Å². The van der Waals surface area contributed by atoms with Crippen molar-refractivity contribution in [3.63, 3.8) is 0 Å². The highest BCUT2D eigenvalue weighted by Gasteiger charge is 2.09. The molecule has 0 fully saturated rings. The lowest BCUT2D eigenvalue weighted by molar-refractivity contribution is 0.415. The standard InChI is InChI=1S/C12H9Cl2N3OS/c1-18-11-3-10(7(4-15)2-9(11)13)16-5-8-6-17-12(14)19-8/h2-3,6,16H,5H2,1H3. The first-order valence-electron chi connectivity index (χ1n) is 5.25. The molecule has 0 bridgehead atoms. The average molecular weight is 314 g/mol. The van der Waals surface area contributed by atoms with Crippen molar-refractivity contribution in [1.82, 2.24) is 4.98 Å². The van der Waals surface area contributed by atoms with Gasteiger partial charge in [0.05, 0.1) is 29.9 Å². The van der Waals surface area contributed by atoms with Crippen LogP contribution in [0, 0.1) is 11.3 Å². The quantitative estimate of drug-likeness (QED) is 0.928. The minimum atomic E-state index is 0.408. The molecule has 98 valence electrons. The normalized spacial score (nSPS) is 10.0. The number of halogens is 2. The molecule has 1 aromatic carbocycles. The Morgan fingerprint density at radius 1 is 1.47 bits per heavy atom. The van der Waals surface area contributed by atoms with E-state index in [1.807, 2.05) is 0 Å². The van der Waals surface area contributed by atoms with Crippen LogP contribution in [0.1, 0.15) is 10.4 Å². The minimum absolute atomic E-state index is 0.408. The predicted molar refractivity (Wildman–Crippen MR) is 77.2 cm³/mol. The summed E-state index contributed by atoms with van der Waals surface area (Å²) in [5, 5.41) is 12.6. The number of benzene rings is 1. The summed E-state index contributed by atoms with van der Waals surface area (Å²) in [6.45, 7) is 0.532. The molecular formula is C12H9Cl2N3OS. The van der Waals surface area contributed by atoms with Gasteiger partial charge in [-0.25, -0.2) is 4.98 Å². The van der Waals surface area contributed by atoms with Gasteiger partial charge in [0, 0.05) is 17.1 Å². The number of hydrogen-bond acceptors (Lipinski definition) is 5. The van der Waals surface area contributed by atoms with Crippen molar-refractivity contribution in [3.8, 4) is 11.8 Å². The van der Waals surface area contributed by atoms with Gasteiger partial charge in [-0.1, -0.05) is 23.2 Å². The molecule has 0 aliphatic rings. The highest BCUT2D eigenvalue weighted by molar-refractivity contribution is 7.15. The van der Waals surface area contributed by atoms with Crippen molar-refractivity contribution in [2.24, 2.45) is 0 Å². The van der Waals surface area contributed by atoms with Gasteiger partial charge in [0.15, 0.2) is 4.47 Å². The lowest BCUT2D eigenvalue weighted by atomic mass is 10.2. The number of hydrogen-bond donors (Lipinski definition) is 1. The summed E-state index contributed by atoms with van der Waals surface area (Å²) < 4.78 is 5.62. The summed E-state index contributed by atoms with van der Waals surface area (Å²) in [7, 11) is 1.53. The highest BCUT2D eigenvalue weighted by atomic mass is 35.5. The second-order valence-electron chi connectivity index (χ2n) is 3.58. The number of rotatable bonds is 4. The highest BCUT2D eigenvalue weighted by Crippen LogP contribution is 2.31. The average Bonchev–Trinajstić information content (AvgIpc) is 2.82. The largest absolute Gasteiger partial charge is 0.495 e. The molecule has 0 saturated carbocycles. The van der Waals surface area contributed by atoms with E-state index in [2.05, 4.69) is 16.4 Å². The van der Waals surface area contributed by atoms with E-state index < -0.39 is 0 Å². The summed E-state index contributed by atoms with van der Waals surface area (Å²) in [5.41, 5.74) is 1.12. The van der Waals surface area contributed by atoms with Crippen molar-refractivity contribution in [2.75, 3.05) is 12.4 Å². The van der Waals surface area contributed by atoms with Gasteiger partial charge in [-0.05, 0) is 6.07 Å². The monoisotopic (exact) mass is 313 g/mol. The van der Waals surface area contributed by atoms with Crippen LogP contribution in [0.3, 0.4) is 0 Å². The third kappa shape index (κ3) is 3.29. The number of nitrogens with one attached hydrogen (secondary N) is 1. The van der Waals surface area contributed by atoms with Crippen molar-refractivity contribution in [2.45, 2.75) is 6.54 Å². The second kappa shape index (κ2) is 6.11. The Kier molecular flexibility index (Phi) is 4.48. The molecule has 2 rings (SSSR count). The molecule has 1 heterocycles. The van der Waals surface area contributed by atoms with E-state index in [0.717, 1.165) is 4.88 Å². The van der Waals surface area contributed by atoms with Gasteiger partial charge >= 0.3 is 0 Å². The summed E-state index contributed by atoms with van der Waals surface area (Å²) >= 11 is 13.1. The fourth-order valence-corrected chi connectivity index (χ4v) is 2.65. The van der Waals surface area contributed by atoms with Crippen LogP contribution in [0.25, 0.3) is 0 Å². The predicted octanol–water partition coefficient (Wildman–Crippen LogP) is 3.94. The van der Waals surface area contributed by atoms with Crippen LogP contribution in [0.15, 0.2) is 18.3 Å². The molecule has 0 atom stereocenters. The fraction of sp³-hybridized carbons (Fsp3) is 0.167. The first-order valence-corrected chi connectivity index (χ1v) is 6.83. The van der Waals surface area contributed by atoms with E-state index in [1.165, 1.54) is 18.4 Å². The summed E-state index contributed by atoms with van der Waals surface area (Å²) in [5.74, 6) is 0.519. The maximum absolute atomic E-state index is 9.09. The number of ether oxygens (including phenoxy) is 1. The van der Waals surface area contributed by atoms with E-state index in [4.69, 9.17) is 33.2 Å². The lowest BCUT2D eigenvalue weighted by Crippen LogP contribution is -2.00. The molecule has 0 unspecified atom stereocenters. The lowest BCUT2D eigenvalue weighted by Gasteiger charge is -2.10. The Labute approximate surface area is 124 Å². The second-order valence-corrected chi connectivity index (χ2v) is 5.68. The van der Waals surface area contributed by atoms with E-state index >= 15 is 0 Å². The Morgan fingerprint density at radius 2 is 2.26 bits per heavy atom. The smallest absolute Gasteiger partial charge is 0.183 e. The van der Waals surface area contributed by atoms with E-state index in [9.17, 15) is 0 Å².